The first-order valence-electron chi connectivity index (χ1n) is 5.53. The van der Waals surface area contributed by atoms with Gasteiger partial charge in [-0.15, -0.1) is 0 Å². The molecule has 0 amide bonds. The summed E-state index contributed by atoms with van der Waals surface area (Å²) in [6.07, 6.45) is 2.65. The molecule has 1 fully saturated rings. The fourth-order valence-electron chi connectivity index (χ4n) is 1.85. The quantitative estimate of drug-likeness (QED) is 0.755. The third-order valence-electron chi connectivity index (χ3n) is 2.67. The van der Waals surface area contributed by atoms with Gasteiger partial charge in [-0.25, -0.2) is 0 Å². The van der Waals surface area contributed by atoms with Gasteiger partial charge in [0.2, 0.25) is 0 Å². The van der Waals surface area contributed by atoms with Gasteiger partial charge in [0.25, 0.3) is 0 Å². The lowest BCUT2D eigenvalue weighted by atomic mass is 9.92. The van der Waals surface area contributed by atoms with E-state index in [0.29, 0.717) is 25.4 Å². The molecule has 4 nitrogen and oxygen atoms in total. The minimum atomic E-state index is -0.559. The molecule has 0 spiro atoms. The molecule has 1 aromatic rings. The van der Waals surface area contributed by atoms with E-state index in [2.05, 4.69) is 24.3 Å². The van der Waals surface area contributed by atoms with Crippen LogP contribution >= 0.6 is 0 Å². The zero-order valence-electron chi connectivity index (χ0n) is 9.40. The summed E-state index contributed by atoms with van der Waals surface area (Å²) < 4.78 is 1.95. The van der Waals surface area contributed by atoms with Crippen molar-refractivity contribution < 1.29 is 5.11 Å². The number of aromatic nitrogens is 2. The van der Waals surface area contributed by atoms with E-state index in [1.807, 2.05) is 16.9 Å². The Labute approximate surface area is 90.3 Å². The molecule has 1 aliphatic rings. The van der Waals surface area contributed by atoms with Gasteiger partial charge in [0.05, 0.1) is 11.3 Å². The van der Waals surface area contributed by atoms with E-state index >= 15 is 0 Å². The van der Waals surface area contributed by atoms with Crippen LogP contribution in [-0.4, -0.2) is 33.6 Å². The highest BCUT2D eigenvalue weighted by Crippen LogP contribution is 2.16. The Kier molecular flexibility index (Phi) is 2.80. The van der Waals surface area contributed by atoms with Gasteiger partial charge in [0.15, 0.2) is 0 Å². The van der Waals surface area contributed by atoms with Crippen LogP contribution in [0.3, 0.4) is 0 Å². The molecule has 1 saturated heterocycles. The maximum Gasteiger partial charge on any atom is 0.0950 e. The molecule has 0 saturated carbocycles. The highest BCUT2D eigenvalue weighted by molar-refractivity contribution is 5.08. The second-order valence-corrected chi connectivity index (χ2v) is 4.93. The van der Waals surface area contributed by atoms with Crippen molar-refractivity contribution in [3.05, 3.63) is 18.0 Å². The molecule has 2 heterocycles. The molecule has 15 heavy (non-hydrogen) atoms. The number of hydrogen-bond acceptors (Lipinski definition) is 3. The Bertz CT molecular complexity index is 328. The second kappa shape index (κ2) is 3.94. The van der Waals surface area contributed by atoms with Crippen molar-refractivity contribution in [1.29, 1.82) is 0 Å². The Morgan fingerprint density at radius 3 is 2.87 bits per heavy atom. The minimum Gasteiger partial charge on any atom is -0.387 e. The van der Waals surface area contributed by atoms with Crippen LogP contribution in [0, 0.1) is 5.92 Å². The van der Waals surface area contributed by atoms with Gasteiger partial charge in [0.1, 0.15) is 0 Å². The SMILES string of the molecule is CC(C)Cn1ccc(CC2(O)CNC2)n1. The molecule has 2 rings (SSSR count). The number of nitrogens with one attached hydrogen (secondary N) is 1. The van der Waals surface area contributed by atoms with Crippen molar-refractivity contribution >= 4 is 0 Å². The van der Waals surface area contributed by atoms with E-state index in [9.17, 15) is 5.11 Å². The average Bonchev–Trinajstić information content (AvgIpc) is 2.48. The smallest absolute Gasteiger partial charge is 0.0950 e. The Hall–Kier alpha value is -0.870. The van der Waals surface area contributed by atoms with Crippen LogP contribution in [0.4, 0.5) is 0 Å². The van der Waals surface area contributed by atoms with Gasteiger partial charge in [0, 0.05) is 32.3 Å². The van der Waals surface area contributed by atoms with E-state index in [4.69, 9.17) is 0 Å². The van der Waals surface area contributed by atoms with Crippen LogP contribution in [0.2, 0.25) is 0 Å². The number of β-amino-alcohol motifs (C(OH)–C–C–N with tert-alkyl or cyclic N) is 1. The first-order valence-corrected chi connectivity index (χ1v) is 5.53. The molecule has 0 aliphatic carbocycles. The van der Waals surface area contributed by atoms with Gasteiger partial charge < -0.3 is 10.4 Å². The normalized spacial score (nSPS) is 19.2. The summed E-state index contributed by atoms with van der Waals surface area (Å²) in [6, 6.07) is 2.00. The summed E-state index contributed by atoms with van der Waals surface area (Å²) in [4.78, 5) is 0. The van der Waals surface area contributed by atoms with Crippen LogP contribution < -0.4 is 5.32 Å². The first kappa shape index (κ1) is 10.6. The van der Waals surface area contributed by atoms with Gasteiger partial charge in [-0.3, -0.25) is 4.68 Å². The minimum absolute atomic E-state index is 0.559. The molecule has 84 valence electrons. The average molecular weight is 209 g/mol. The highest BCUT2D eigenvalue weighted by Gasteiger charge is 2.34. The maximum absolute atomic E-state index is 9.94. The maximum atomic E-state index is 9.94. The van der Waals surface area contributed by atoms with Gasteiger partial charge in [-0.05, 0) is 12.0 Å². The van der Waals surface area contributed by atoms with E-state index in [-0.39, 0.29) is 0 Å². The lowest BCUT2D eigenvalue weighted by molar-refractivity contribution is -0.00993. The standard InChI is InChI=1S/C11H19N3O/c1-9(2)6-14-4-3-10(13-14)5-11(15)7-12-8-11/h3-4,9,12,15H,5-8H2,1-2H3. The second-order valence-electron chi connectivity index (χ2n) is 4.93. The first-order chi connectivity index (χ1) is 7.07. The van der Waals surface area contributed by atoms with Crippen molar-refractivity contribution in [3.63, 3.8) is 0 Å². The molecule has 1 aromatic heterocycles. The van der Waals surface area contributed by atoms with Crippen LogP contribution in [0.15, 0.2) is 12.3 Å². The Morgan fingerprint density at radius 2 is 2.33 bits per heavy atom. The Morgan fingerprint density at radius 1 is 1.60 bits per heavy atom. The summed E-state index contributed by atoms with van der Waals surface area (Å²) in [7, 11) is 0. The molecule has 4 heteroatoms. The summed E-state index contributed by atoms with van der Waals surface area (Å²) >= 11 is 0. The molecule has 0 aromatic carbocycles. The topological polar surface area (TPSA) is 50.1 Å². The van der Waals surface area contributed by atoms with Crippen molar-refractivity contribution in [3.8, 4) is 0 Å². The van der Waals surface area contributed by atoms with Gasteiger partial charge in [-0.2, -0.15) is 5.10 Å². The fraction of sp³-hybridized carbons (Fsp3) is 0.727. The lowest BCUT2D eigenvalue weighted by Crippen LogP contribution is -2.60. The lowest BCUT2D eigenvalue weighted by Gasteiger charge is -2.37. The molecule has 2 N–H and O–H groups in total. The molecule has 0 bridgehead atoms. The monoisotopic (exact) mass is 209 g/mol. The van der Waals surface area contributed by atoms with Crippen LogP contribution in [-0.2, 0) is 13.0 Å². The molecule has 0 radical (unpaired) electrons. The predicted molar refractivity (Wildman–Crippen MR) is 58.6 cm³/mol. The summed E-state index contributed by atoms with van der Waals surface area (Å²) in [6.45, 7) is 6.65. The third-order valence-corrected chi connectivity index (χ3v) is 2.67. The molecular weight excluding hydrogens is 190 g/mol. The molecule has 0 unspecified atom stereocenters. The number of aliphatic hydroxyl groups is 1. The van der Waals surface area contributed by atoms with Gasteiger partial charge in [-0.1, -0.05) is 13.8 Å². The van der Waals surface area contributed by atoms with Crippen LogP contribution in [0.5, 0.6) is 0 Å². The van der Waals surface area contributed by atoms with Crippen molar-refractivity contribution in [1.82, 2.24) is 15.1 Å². The molecule has 0 atom stereocenters. The fourth-order valence-corrected chi connectivity index (χ4v) is 1.85. The summed E-state index contributed by atoms with van der Waals surface area (Å²) in [5, 5.41) is 17.5. The zero-order chi connectivity index (χ0) is 10.9. The molecular formula is C11H19N3O. The van der Waals surface area contributed by atoms with Crippen LogP contribution in [0.25, 0.3) is 0 Å². The molecule has 1 aliphatic heterocycles. The van der Waals surface area contributed by atoms with E-state index in [0.717, 1.165) is 12.2 Å². The Balaban J connectivity index is 1.95. The third kappa shape index (κ3) is 2.58. The van der Waals surface area contributed by atoms with E-state index in [1.54, 1.807) is 0 Å². The van der Waals surface area contributed by atoms with Crippen molar-refractivity contribution in [2.24, 2.45) is 5.92 Å². The highest BCUT2D eigenvalue weighted by atomic mass is 16.3. The van der Waals surface area contributed by atoms with Gasteiger partial charge >= 0.3 is 0 Å². The van der Waals surface area contributed by atoms with Crippen molar-refractivity contribution in [2.75, 3.05) is 13.1 Å². The van der Waals surface area contributed by atoms with E-state index in [1.165, 1.54) is 0 Å². The number of hydrogen-bond donors (Lipinski definition) is 2. The zero-order valence-corrected chi connectivity index (χ0v) is 9.40. The van der Waals surface area contributed by atoms with E-state index < -0.39 is 5.60 Å². The largest absolute Gasteiger partial charge is 0.387 e. The van der Waals surface area contributed by atoms with Crippen LogP contribution in [0.1, 0.15) is 19.5 Å². The predicted octanol–water partition coefficient (Wildman–Crippen LogP) is 0.416. The number of nitrogens with zero attached hydrogens (tertiary/aromatic N) is 2. The number of rotatable bonds is 4. The summed E-state index contributed by atoms with van der Waals surface area (Å²) in [5.41, 5.74) is 0.427. The van der Waals surface area contributed by atoms with Crippen molar-refractivity contribution in [2.45, 2.75) is 32.4 Å². The summed E-state index contributed by atoms with van der Waals surface area (Å²) in [5.74, 6) is 0.603.